The number of hydrogen-bond acceptors (Lipinski definition) is 2. The van der Waals surface area contributed by atoms with Crippen molar-refractivity contribution in [3.8, 4) is 11.5 Å². The van der Waals surface area contributed by atoms with Crippen LogP contribution < -0.4 is 9.47 Å². The summed E-state index contributed by atoms with van der Waals surface area (Å²) in [5.41, 5.74) is 0. The fraction of sp³-hybridized carbons (Fsp3) is 0.143. The molecular weight excluding hydrogens is 379 g/mol. The highest BCUT2D eigenvalue weighted by molar-refractivity contribution is 9.10. The van der Waals surface area contributed by atoms with E-state index in [1.807, 2.05) is 24.3 Å². The fourth-order valence-corrected chi connectivity index (χ4v) is 2.07. The van der Waals surface area contributed by atoms with E-state index in [0.29, 0.717) is 23.4 Å². The predicted octanol–water partition coefficient (Wildman–Crippen LogP) is 4.81. The van der Waals surface area contributed by atoms with E-state index in [9.17, 15) is 4.39 Å². The lowest BCUT2D eigenvalue weighted by molar-refractivity contribution is 0.216. The van der Waals surface area contributed by atoms with Gasteiger partial charge in [0, 0.05) is 10.5 Å². The van der Waals surface area contributed by atoms with Crippen molar-refractivity contribution in [1.82, 2.24) is 0 Å². The molecule has 0 heterocycles. The average Bonchev–Trinajstić information content (AvgIpc) is 2.39. The van der Waals surface area contributed by atoms with E-state index in [1.165, 1.54) is 6.07 Å². The molecule has 2 aromatic carbocycles. The molecule has 0 fully saturated rings. The molecule has 0 unspecified atom stereocenters. The number of benzene rings is 2. The molecule has 100 valence electrons. The lowest BCUT2D eigenvalue weighted by Gasteiger charge is -2.09. The second kappa shape index (κ2) is 6.91. The Balaban J connectivity index is 1.79. The van der Waals surface area contributed by atoms with Gasteiger partial charge in [0.25, 0.3) is 0 Å². The van der Waals surface area contributed by atoms with Gasteiger partial charge >= 0.3 is 0 Å². The molecule has 0 aliphatic rings. The van der Waals surface area contributed by atoms with Crippen molar-refractivity contribution in [2.24, 2.45) is 0 Å². The Morgan fingerprint density at radius 3 is 2.21 bits per heavy atom. The average molecular weight is 390 g/mol. The topological polar surface area (TPSA) is 18.5 Å². The van der Waals surface area contributed by atoms with E-state index in [4.69, 9.17) is 9.47 Å². The summed E-state index contributed by atoms with van der Waals surface area (Å²) in [7, 11) is 0. The molecule has 0 aliphatic heterocycles. The van der Waals surface area contributed by atoms with Crippen molar-refractivity contribution < 1.29 is 13.9 Å². The molecule has 2 nitrogen and oxygen atoms in total. The van der Waals surface area contributed by atoms with Crippen molar-refractivity contribution in [2.45, 2.75) is 0 Å². The highest BCUT2D eigenvalue weighted by atomic mass is 79.9. The van der Waals surface area contributed by atoms with Gasteiger partial charge in [-0.3, -0.25) is 0 Å². The van der Waals surface area contributed by atoms with Gasteiger partial charge in [0.15, 0.2) is 0 Å². The van der Waals surface area contributed by atoms with Gasteiger partial charge in [-0.2, -0.15) is 0 Å². The molecule has 0 radical (unpaired) electrons. The maximum atomic E-state index is 13.2. The van der Waals surface area contributed by atoms with Crippen LogP contribution in [-0.2, 0) is 0 Å². The summed E-state index contributed by atoms with van der Waals surface area (Å²) in [5.74, 6) is 0.906. The number of halogens is 3. The van der Waals surface area contributed by atoms with Crippen LogP contribution in [0, 0.1) is 5.82 Å². The Hall–Kier alpha value is -1.07. The molecule has 5 heteroatoms. The van der Waals surface area contributed by atoms with Gasteiger partial charge in [0.1, 0.15) is 30.5 Å². The minimum absolute atomic E-state index is 0.342. The number of rotatable bonds is 5. The molecule has 0 aliphatic carbocycles. The molecule has 0 spiro atoms. The number of ether oxygens (including phenoxy) is 2. The molecular formula is C14H11Br2FO2. The minimum atomic E-state index is -0.342. The SMILES string of the molecule is Fc1cc(OCCOc2cccc(Br)c2)ccc1Br. The van der Waals surface area contributed by atoms with Crippen molar-refractivity contribution in [1.29, 1.82) is 0 Å². The quantitative estimate of drug-likeness (QED) is 0.683. The van der Waals surface area contributed by atoms with E-state index < -0.39 is 0 Å². The van der Waals surface area contributed by atoms with Gasteiger partial charge < -0.3 is 9.47 Å². The Morgan fingerprint density at radius 1 is 0.895 bits per heavy atom. The highest BCUT2D eigenvalue weighted by Gasteiger charge is 2.01. The van der Waals surface area contributed by atoms with Crippen molar-refractivity contribution in [2.75, 3.05) is 13.2 Å². The van der Waals surface area contributed by atoms with Crippen LogP contribution in [0.5, 0.6) is 11.5 Å². The van der Waals surface area contributed by atoms with E-state index in [1.54, 1.807) is 12.1 Å². The molecule has 0 saturated heterocycles. The van der Waals surface area contributed by atoms with Crippen molar-refractivity contribution in [3.05, 3.63) is 57.2 Å². The van der Waals surface area contributed by atoms with E-state index in [2.05, 4.69) is 31.9 Å². The minimum Gasteiger partial charge on any atom is -0.490 e. The third kappa shape index (κ3) is 4.51. The molecule has 2 aromatic rings. The monoisotopic (exact) mass is 388 g/mol. The first kappa shape index (κ1) is 14.3. The molecule has 19 heavy (non-hydrogen) atoms. The van der Waals surface area contributed by atoms with Crippen LogP contribution in [0.25, 0.3) is 0 Å². The molecule has 0 atom stereocenters. The molecule has 0 amide bonds. The molecule has 0 aromatic heterocycles. The van der Waals surface area contributed by atoms with Gasteiger partial charge in [0.05, 0.1) is 4.47 Å². The Labute approximate surface area is 127 Å². The van der Waals surface area contributed by atoms with Gasteiger partial charge in [-0.15, -0.1) is 0 Å². The third-order valence-corrected chi connectivity index (χ3v) is 3.44. The largest absolute Gasteiger partial charge is 0.490 e. The lowest BCUT2D eigenvalue weighted by atomic mass is 10.3. The Bertz CT molecular complexity index is 561. The zero-order valence-corrected chi connectivity index (χ0v) is 13.1. The Morgan fingerprint density at radius 2 is 1.58 bits per heavy atom. The third-order valence-electron chi connectivity index (χ3n) is 2.31. The van der Waals surface area contributed by atoms with Crippen LogP contribution >= 0.6 is 31.9 Å². The summed E-state index contributed by atoms with van der Waals surface area (Å²) in [6.07, 6.45) is 0. The van der Waals surface area contributed by atoms with Gasteiger partial charge in [-0.25, -0.2) is 4.39 Å². The van der Waals surface area contributed by atoms with Gasteiger partial charge in [-0.05, 0) is 46.3 Å². The molecule has 0 bridgehead atoms. The zero-order valence-electron chi connectivity index (χ0n) is 9.91. The first-order valence-corrected chi connectivity index (χ1v) is 7.20. The smallest absolute Gasteiger partial charge is 0.141 e. The summed E-state index contributed by atoms with van der Waals surface area (Å²) >= 11 is 6.45. The summed E-state index contributed by atoms with van der Waals surface area (Å²) in [5, 5.41) is 0. The normalized spacial score (nSPS) is 10.3. The van der Waals surface area contributed by atoms with Gasteiger partial charge in [0.2, 0.25) is 0 Å². The van der Waals surface area contributed by atoms with Crippen molar-refractivity contribution in [3.63, 3.8) is 0 Å². The zero-order chi connectivity index (χ0) is 13.7. The van der Waals surface area contributed by atoms with E-state index in [-0.39, 0.29) is 5.82 Å². The maximum Gasteiger partial charge on any atom is 0.141 e. The first-order valence-electron chi connectivity index (χ1n) is 5.61. The predicted molar refractivity (Wildman–Crippen MR) is 79.2 cm³/mol. The first-order chi connectivity index (χ1) is 9.15. The van der Waals surface area contributed by atoms with Crippen LogP contribution in [0.3, 0.4) is 0 Å². The molecule has 2 rings (SSSR count). The van der Waals surface area contributed by atoms with E-state index >= 15 is 0 Å². The van der Waals surface area contributed by atoms with E-state index in [0.717, 1.165) is 10.2 Å². The van der Waals surface area contributed by atoms with Crippen LogP contribution in [-0.4, -0.2) is 13.2 Å². The van der Waals surface area contributed by atoms with Crippen LogP contribution in [0.4, 0.5) is 4.39 Å². The maximum absolute atomic E-state index is 13.2. The molecule has 0 N–H and O–H groups in total. The second-order valence-corrected chi connectivity index (χ2v) is 5.50. The lowest BCUT2D eigenvalue weighted by Crippen LogP contribution is -2.09. The fourth-order valence-electron chi connectivity index (χ4n) is 1.44. The standard InChI is InChI=1S/C14H11Br2FO2/c15-10-2-1-3-11(8-10)18-6-7-19-12-4-5-13(16)14(17)9-12/h1-5,8-9H,6-7H2. The summed E-state index contributed by atoms with van der Waals surface area (Å²) < 4.78 is 25.5. The summed E-state index contributed by atoms with van der Waals surface area (Å²) in [6.45, 7) is 0.752. The second-order valence-electron chi connectivity index (χ2n) is 3.73. The van der Waals surface area contributed by atoms with Crippen LogP contribution in [0.2, 0.25) is 0 Å². The number of hydrogen-bond donors (Lipinski definition) is 0. The highest BCUT2D eigenvalue weighted by Crippen LogP contribution is 2.21. The van der Waals surface area contributed by atoms with Crippen LogP contribution in [0.15, 0.2) is 51.4 Å². The Kier molecular flexibility index (Phi) is 5.22. The summed E-state index contributed by atoms with van der Waals surface area (Å²) in [4.78, 5) is 0. The van der Waals surface area contributed by atoms with Crippen molar-refractivity contribution >= 4 is 31.9 Å². The molecule has 0 saturated carbocycles. The summed E-state index contributed by atoms with van der Waals surface area (Å²) in [6, 6.07) is 12.2. The van der Waals surface area contributed by atoms with Gasteiger partial charge in [-0.1, -0.05) is 22.0 Å². The van der Waals surface area contributed by atoms with Crippen LogP contribution in [0.1, 0.15) is 0 Å².